The van der Waals surface area contributed by atoms with Gasteiger partial charge in [0, 0.05) is 11.6 Å². The predicted octanol–water partition coefficient (Wildman–Crippen LogP) is 3.84. The van der Waals surface area contributed by atoms with Crippen molar-refractivity contribution in [3.8, 4) is 11.3 Å². The highest BCUT2D eigenvalue weighted by molar-refractivity contribution is 6.31. The number of benzene rings is 1. The monoisotopic (exact) mass is 436 g/mol. The molecule has 1 aliphatic carbocycles. The van der Waals surface area contributed by atoms with Crippen LogP contribution in [0.2, 0.25) is 0 Å². The molecule has 1 N–H and O–H groups in total. The highest BCUT2D eigenvalue weighted by Gasteiger charge is 2.40. The van der Waals surface area contributed by atoms with Gasteiger partial charge in [-0.2, -0.15) is 0 Å². The zero-order valence-corrected chi connectivity index (χ0v) is 18.0. The second kappa shape index (κ2) is 8.82. The van der Waals surface area contributed by atoms with E-state index in [9.17, 15) is 19.2 Å². The summed E-state index contributed by atoms with van der Waals surface area (Å²) in [5, 5.41) is 2.27. The van der Waals surface area contributed by atoms with Gasteiger partial charge in [0.1, 0.15) is 17.1 Å². The normalized spacial score (nSPS) is 18.8. The second-order valence-corrected chi connectivity index (χ2v) is 8.01. The Bertz CT molecular complexity index is 1120. The van der Waals surface area contributed by atoms with Crippen molar-refractivity contribution in [1.29, 1.82) is 0 Å². The lowest BCUT2D eigenvalue weighted by Crippen LogP contribution is -2.58. The van der Waals surface area contributed by atoms with E-state index in [1.165, 1.54) is 18.1 Å². The number of nitrogens with one attached hydrogen (secondary N) is 1. The van der Waals surface area contributed by atoms with Crippen molar-refractivity contribution in [2.75, 3.05) is 7.11 Å². The molecule has 2 fully saturated rings. The van der Waals surface area contributed by atoms with Gasteiger partial charge in [0.05, 0.1) is 12.7 Å². The van der Waals surface area contributed by atoms with Gasteiger partial charge in [-0.15, -0.1) is 0 Å². The molecular formula is C24H24N2O6. The summed E-state index contributed by atoms with van der Waals surface area (Å²) in [6.07, 6.45) is 5.79. The number of furan rings is 1. The Balaban J connectivity index is 1.63. The number of barbiturate groups is 1. The number of urea groups is 1. The molecule has 32 heavy (non-hydrogen) atoms. The summed E-state index contributed by atoms with van der Waals surface area (Å²) in [6, 6.07) is 7.58. The molecule has 1 aromatic heterocycles. The van der Waals surface area contributed by atoms with Crippen LogP contribution in [0, 0.1) is 6.92 Å². The third kappa shape index (κ3) is 4.08. The van der Waals surface area contributed by atoms with Crippen LogP contribution < -0.4 is 5.32 Å². The van der Waals surface area contributed by atoms with Gasteiger partial charge in [-0.3, -0.25) is 19.8 Å². The maximum atomic E-state index is 13.0. The van der Waals surface area contributed by atoms with E-state index in [2.05, 4.69) is 5.32 Å². The molecule has 2 aliphatic rings. The van der Waals surface area contributed by atoms with Gasteiger partial charge in [-0.1, -0.05) is 25.3 Å². The van der Waals surface area contributed by atoms with Crippen LogP contribution in [0.4, 0.5) is 4.79 Å². The van der Waals surface area contributed by atoms with E-state index in [4.69, 9.17) is 9.15 Å². The van der Waals surface area contributed by atoms with Gasteiger partial charge < -0.3 is 9.15 Å². The van der Waals surface area contributed by atoms with Crippen molar-refractivity contribution in [2.24, 2.45) is 0 Å². The number of hydrogen-bond donors (Lipinski definition) is 1. The standard InChI is InChI=1S/C24H24N2O6/c1-14-8-9-15(23(29)31-2)12-18(14)20-11-10-17(32-20)13-19-21(27)25-24(30)26(22(19)28)16-6-4-3-5-7-16/h8-13,16H,3-7H2,1-2H3,(H,25,27,30). The summed E-state index contributed by atoms with van der Waals surface area (Å²) in [4.78, 5) is 50.8. The third-order valence-electron chi connectivity index (χ3n) is 5.91. The summed E-state index contributed by atoms with van der Waals surface area (Å²) >= 11 is 0. The molecule has 2 aromatic rings. The summed E-state index contributed by atoms with van der Waals surface area (Å²) in [6.45, 7) is 1.88. The number of carbonyl (C=O) groups is 4. The maximum absolute atomic E-state index is 13.0. The molecule has 1 aromatic carbocycles. The zero-order valence-electron chi connectivity index (χ0n) is 18.0. The fraction of sp³-hybridized carbons (Fsp3) is 0.333. The van der Waals surface area contributed by atoms with Crippen molar-refractivity contribution in [2.45, 2.75) is 45.1 Å². The molecule has 166 valence electrons. The van der Waals surface area contributed by atoms with Crippen molar-refractivity contribution >= 4 is 29.9 Å². The summed E-state index contributed by atoms with van der Waals surface area (Å²) in [5.41, 5.74) is 1.81. The van der Waals surface area contributed by atoms with Gasteiger partial charge in [0.15, 0.2) is 0 Å². The summed E-state index contributed by atoms with van der Waals surface area (Å²) < 4.78 is 10.6. The number of methoxy groups -OCH3 is 1. The van der Waals surface area contributed by atoms with E-state index in [1.54, 1.807) is 30.3 Å². The SMILES string of the molecule is COC(=O)c1ccc(C)c(-c2ccc(C=C3C(=O)NC(=O)N(C4CCCCC4)C3=O)o2)c1. The Labute approximate surface area is 185 Å². The van der Waals surface area contributed by atoms with Gasteiger partial charge in [0.25, 0.3) is 11.8 Å². The average molecular weight is 436 g/mol. The number of nitrogens with zero attached hydrogens (tertiary/aromatic N) is 1. The molecule has 8 heteroatoms. The highest BCUT2D eigenvalue weighted by atomic mass is 16.5. The fourth-order valence-electron chi connectivity index (χ4n) is 4.19. The lowest BCUT2D eigenvalue weighted by atomic mass is 9.93. The lowest BCUT2D eigenvalue weighted by molar-refractivity contribution is -0.132. The van der Waals surface area contributed by atoms with Crippen LogP contribution in [0.25, 0.3) is 17.4 Å². The van der Waals surface area contributed by atoms with E-state index >= 15 is 0 Å². The molecule has 0 bridgehead atoms. The predicted molar refractivity (Wildman–Crippen MR) is 115 cm³/mol. The first-order valence-corrected chi connectivity index (χ1v) is 10.6. The Morgan fingerprint density at radius 3 is 2.59 bits per heavy atom. The molecule has 0 atom stereocenters. The van der Waals surface area contributed by atoms with E-state index in [0.717, 1.165) is 37.7 Å². The zero-order chi connectivity index (χ0) is 22.8. The number of amides is 4. The fourth-order valence-corrected chi connectivity index (χ4v) is 4.19. The lowest BCUT2D eigenvalue weighted by Gasteiger charge is -2.35. The molecule has 0 spiro atoms. The Hall–Kier alpha value is -3.68. The highest BCUT2D eigenvalue weighted by Crippen LogP contribution is 2.29. The molecule has 8 nitrogen and oxygen atoms in total. The molecular weight excluding hydrogens is 412 g/mol. The minimum Gasteiger partial charge on any atom is -0.465 e. The van der Waals surface area contributed by atoms with Crippen LogP contribution in [-0.2, 0) is 14.3 Å². The van der Waals surface area contributed by atoms with Gasteiger partial charge in [-0.05, 0) is 55.7 Å². The number of rotatable bonds is 4. The molecule has 1 saturated heterocycles. The summed E-state index contributed by atoms with van der Waals surface area (Å²) in [5.74, 6) is -1.04. The van der Waals surface area contributed by atoms with Gasteiger partial charge in [-0.25, -0.2) is 9.59 Å². The minimum atomic E-state index is -0.742. The van der Waals surface area contributed by atoms with Crippen LogP contribution in [0.1, 0.15) is 53.8 Å². The van der Waals surface area contributed by atoms with Gasteiger partial charge >= 0.3 is 12.0 Å². The maximum Gasteiger partial charge on any atom is 0.337 e. The summed E-state index contributed by atoms with van der Waals surface area (Å²) in [7, 11) is 1.31. The quantitative estimate of drug-likeness (QED) is 0.444. The number of hydrogen-bond acceptors (Lipinski definition) is 6. The smallest absolute Gasteiger partial charge is 0.337 e. The van der Waals surface area contributed by atoms with Crippen LogP contribution in [0.5, 0.6) is 0 Å². The van der Waals surface area contributed by atoms with E-state index in [1.807, 2.05) is 6.92 Å². The van der Waals surface area contributed by atoms with E-state index < -0.39 is 23.8 Å². The Morgan fingerprint density at radius 1 is 1.12 bits per heavy atom. The van der Waals surface area contributed by atoms with Crippen molar-refractivity contribution < 1.29 is 28.3 Å². The van der Waals surface area contributed by atoms with Crippen LogP contribution in [0.3, 0.4) is 0 Å². The van der Waals surface area contributed by atoms with E-state index in [-0.39, 0.29) is 11.6 Å². The third-order valence-corrected chi connectivity index (χ3v) is 5.91. The van der Waals surface area contributed by atoms with Crippen LogP contribution >= 0.6 is 0 Å². The average Bonchev–Trinajstić information content (AvgIpc) is 3.25. The minimum absolute atomic E-state index is 0.142. The van der Waals surface area contributed by atoms with Crippen molar-refractivity contribution in [3.63, 3.8) is 0 Å². The molecule has 0 radical (unpaired) electrons. The van der Waals surface area contributed by atoms with E-state index in [0.29, 0.717) is 22.6 Å². The first-order valence-electron chi connectivity index (χ1n) is 10.6. The first kappa shape index (κ1) is 21.5. The van der Waals surface area contributed by atoms with Crippen LogP contribution in [0.15, 0.2) is 40.3 Å². The van der Waals surface area contributed by atoms with Crippen LogP contribution in [-0.4, -0.2) is 41.9 Å². The van der Waals surface area contributed by atoms with Crippen molar-refractivity contribution in [1.82, 2.24) is 10.2 Å². The molecule has 1 aliphatic heterocycles. The first-order chi connectivity index (χ1) is 15.4. The number of esters is 1. The molecule has 4 amide bonds. The molecule has 0 unspecified atom stereocenters. The van der Waals surface area contributed by atoms with Gasteiger partial charge in [0.2, 0.25) is 0 Å². The molecule has 4 rings (SSSR count). The number of aryl methyl sites for hydroxylation is 1. The Kier molecular flexibility index (Phi) is 5.94. The van der Waals surface area contributed by atoms with Crippen molar-refractivity contribution in [3.05, 3.63) is 52.8 Å². The Morgan fingerprint density at radius 2 is 1.88 bits per heavy atom. The molecule has 2 heterocycles. The number of ether oxygens (including phenoxy) is 1. The number of imide groups is 2. The largest absolute Gasteiger partial charge is 0.465 e. The number of carbonyl (C=O) groups excluding carboxylic acids is 4. The topological polar surface area (TPSA) is 106 Å². The molecule has 1 saturated carbocycles. The second-order valence-electron chi connectivity index (χ2n) is 8.01.